The second-order valence-electron chi connectivity index (χ2n) is 6.20. The normalized spacial score (nSPS) is 12.1. The van der Waals surface area contributed by atoms with Crippen LogP contribution in [0.15, 0.2) is 91.0 Å². The summed E-state index contributed by atoms with van der Waals surface area (Å²) in [6.45, 7) is 2.21. The average molecular weight is 381 g/mol. The van der Waals surface area contributed by atoms with E-state index in [0.717, 1.165) is 5.19 Å². The van der Waals surface area contributed by atoms with Gasteiger partial charge in [0.15, 0.2) is 0 Å². The Balaban J connectivity index is 2.13. The first-order valence-corrected chi connectivity index (χ1v) is 12.7. The Morgan fingerprint density at radius 2 is 0.885 bits per heavy atom. The lowest BCUT2D eigenvalue weighted by Gasteiger charge is -2.37. The van der Waals surface area contributed by atoms with Gasteiger partial charge < -0.3 is 13.0 Å². The predicted molar refractivity (Wildman–Crippen MR) is 111 cm³/mol. The Labute approximate surface area is 157 Å². The van der Waals surface area contributed by atoms with Gasteiger partial charge in [0.05, 0.1) is 0 Å². The lowest BCUT2D eigenvalue weighted by molar-refractivity contribution is 0.177. The van der Waals surface area contributed by atoms with Gasteiger partial charge in [-0.3, -0.25) is 0 Å². The third-order valence-corrected chi connectivity index (χ3v) is 12.3. The molecule has 0 aliphatic heterocycles. The third kappa shape index (κ3) is 3.58. The fraction of sp³-hybridized carbons (Fsp3) is 0.143. The zero-order valence-electron chi connectivity index (χ0n) is 15.4. The van der Waals surface area contributed by atoms with Crippen molar-refractivity contribution in [3.05, 3.63) is 91.0 Å². The van der Waals surface area contributed by atoms with Gasteiger partial charge in [-0.1, -0.05) is 91.0 Å². The van der Waals surface area contributed by atoms with Gasteiger partial charge in [-0.05, 0) is 16.9 Å². The number of benzene rings is 3. The van der Waals surface area contributed by atoms with Gasteiger partial charge in [0.2, 0.25) is 8.32 Å². The summed E-state index contributed by atoms with van der Waals surface area (Å²) in [6.07, 6.45) is 0. The molecular weight excluding hydrogens is 356 g/mol. The fourth-order valence-corrected chi connectivity index (χ4v) is 10.6. The highest BCUT2D eigenvalue weighted by molar-refractivity contribution is 7.02. The summed E-state index contributed by atoms with van der Waals surface area (Å²) in [7, 11) is -2.26. The van der Waals surface area contributed by atoms with Crippen LogP contribution in [0.5, 0.6) is 0 Å². The topological polar surface area (TPSA) is 27.7 Å². The van der Waals surface area contributed by atoms with Gasteiger partial charge in [0.1, 0.15) is 0 Å². The van der Waals surface area contributed by atoms with Gasteiger partial charge >= 0.3 is 8.80 Å². The van der Waals surface area contributed by atoms with Crippen LogP contribution in [0, 0.1) is 0 Å². The number of rotatable bonds is 7. The van der Waals surface area contributed by atoms with Crippen LogP contribution < -0.4 is 15.6 Å². The molecule has 3 nitrogen and oxygen atoms in total. The van der Waals surface area contributed by atoms with Crippen LogP contribution in [0.2, 0.25) is 6.55 Å². The van der Waals surface area contributed by atoms with Gasteiger partial charge in [-0.2, -0.15) is 0 Å². The summed E-state index contributed by atoms with van der Waals surface area (Å²) in [6, 6.07) is 30.8. The molecule has 0 amide bonds. The van der Waals surface area contributed by atoms with E-state index in [-0.39, 0.29) is 0 Å². The Kier molecular flexibility index (Phi) is 5.85. The van der Waals surface area contributed by atoms with E-state index in [4.69, 9.17) is 13.0 Å². The molecule has 134 valence electrons. The van der Waals surface area contributed by atoms with Crippen LogP contribution in [0.25, 0.3) is 0 Å². The molecule has 26 heavy (non-hydrogen) atoms. The Morgan fingerprint density at radius 3 is 1.23 bits per heavy atom. The van der Waals surface area contributed by atoms with Gasteiger partial charge in [0.25, 0.3) is 0 Å². The summed E-state index contributed by atoms with van der Waals surface area (Å²) < 4.78 is 18.8. The average Bonchev–Trinajstić information content (AvgIpc) is 2.74. The van der Waals surface area contributed by atoms with Crippen LogP contribution in [-0.4, -0.2) is 31.3 Å². The molecule has 0 saturated heterocycles. The molecular formula is C21H24O3Si2. The van der Waals surface area contributed by atoms with Crippen molar-refractivity contribution in [2.24, 2.45) is 0 Å². The lowest BCUT2D eigenvalue weighted by Crippen LogP contribution is -2.69. The Hall–Kier alpha value is -2.03. The SMILES string of the molecule is CO[Si](OC)(O[Si](C)(c1ccccc1)c1ccccc1)c1ccccc1. The fourth-order valence-electron chi connectivity index (χ4n) is 3.17. The molecule has 0 unspecified atom stereocenters. The molecule has 0 N–H and O–H groups in total. The largest absolute Gasteiger partial charge is 0.526 e. The second kappa shape index (κ2) is 8.11. The van der Waals surface area contributed by atoms with E-state index in [2.05, 4.69) is 55.1 Å². The second-order valence-corrected chi connectivity index (χ2v) is 12.7. The van der Waals surface area contributed by atoms with Crippen molar-refractivity contribution in [1.82, 2.24) is 0 Å². The van der Waals surface area contributed by atoms with Gasteiger partial charge in [-0.25, -0.2) is 0 Å². The van der Waals surface area contributed by atoms with E-state index in [1.165, 1.54) is 10.4 Å². The highest BCUT2D eigenvalue weighted by atomic mass is 28.5. The summed E-state index contributed by atoms with van der Waals surface area (Å²) >= 11 is 0. The van der Waals surface area contributed by atoms with E-state index in [1.54, 1.807) is 14.2 Å². The summed E-state index contributed by atoms with van der Waals surface area (Å²) in [4.78, 5) is 0. The number of hydrogen-bond donors (Lipinski definition) is 0. The monoisotopic (exact) mass is 380 g/mol. The quantitative estimate of drug-likeness (QED) is 0.590. The molecule has 0 heterocycles. The zero-order valence-corrected chi connectivity index (χ0v) is 17.4. The minimum Gasteiger partial charge on any atom is -0.404 e. The molecule has 3 aromatic carbocycles. The first-order valence-electron chi connectivity index (χ1n) is 8.62. The maximum absolute atomic E-state index is 6.92. The maximum atomic E-state index is 6.92. The molecule has 0 saturated carbocycles. The van der Waals surface area contributed by atoms with Crippen LogP contribution in [0.1, 0.15) is 0 Å². The van der Waals surface area contributed by atoms with Gasteiger partial charge in [0, 0.05) is 19.4 Å². The molecule has 0 radical (unpaired) electrons. The van der Waals surface area contributed by atoms with Crippen molar-refractivity contribution in [3.63, 3.8) is 0 Å². The van der Waals surface area contributed by atoms with Crippen LogP contribution in [0.3, 0.4) is 0 Å². The minimum atomic E-state index is -3.06. The molecule has 0 spiro atoms. The van der Waals surface area contributed by atoms with E-state index in [1.807, 2.05) is 42.5 Å². The lowest BCUT2D eigenvalue weighted by atomic mass is 10.4. The predicted octanol–water partition coefficient (Wildman–Crippen LogP) is 2.53. The highest BCUT2D eigenvalue weighted by Crippen LogP contribution is 2.17. The van der Waals surface area contributed by atoms with E-state index >= 15 is 0 Å². The van der Waals surface area contributed by atoms with Crippen molar-refractivity contribution in [3.8, 4) is 0 Å². The standard InChI is InChI=1S/C21H24O3Si2/c1-22-26(23-2,21-17-11-6-12-18-21)24-25(3,19-13-7-4-8-14-19)20-15-9-5-10-16-20/h4-18H,1-3H3. The molecule has 0 atom stereocenters. The van der Waals surface area contributed by atoms with E-state index in [9.17, 15) is 0 Å². The zero-order chi connectivity index (χ0) is 18.5. The molecule has 0 aliphatic carbocycles. The molecule has 0 fully saturated rings. The number of hydrogen-bond acceptors (Lipinski definition) is 3. The summed E-state index contributed by atoms with van der Waals surface area (Å²) in [5, 5.41) is 3.34. The smallest absolute Gasteiger partial charge is 0.404 e. The molecule has 0 aromatic heterocycles. The summed E-state index contributed by atoms with van der Waals surface area (Å²) in [5.41, 5.74) is 0. The van der Waals surface area contributed by atoms with E-state index in [0.29, 0.717) is 0 Å². The first kappa shape index (κ1) is 18.8. The van der Waals surface area contributed by atoms with Crippen molar-refractivity contribution in [1.29, 1.82) is 0 Å². The molecule has 3 rings (SSSR count). The Morgan fingerprint density at radius 1 is 0.538 bits per heavy atom. The van der Waals surface area contributed by atoms with Crippen LogP contribution in [0.4, 0.5) is 0 Å². The van der Waals surface area contributed by atoms with Crippen LogP contribution >= 0.6 is 0 Å². The first-order chi connectivity index (χ1) is 12.6. The molecule has 0 aliphatic rings. The van der Waals surface area contributed by atoms with Crippen molar-refractivity contribution in [2.75, 3.05) is 14.2 Å². The van der Waals surface area contributed by atoms with Crippen molar-refractivity contribution < 1.29 is 13.0 Å². The summed E-state index contributed by atoms with van der Waals surface area (Å²) in [5.74, 6) is 0. The molecule has 3 aromatic rings. The minimum absolute atomic E-state index is 0.968. The highest BCUT2D eigenvalue weighted by Gasteiger charge is 2.50. The Bertz CT molecular complexity index is 767. The van der Waals surface area contributed by atoms with E-state index < -0.39 is 17.1 Å². The molecule has 0 bridgehead atoms. The van der Waals surface area contributed by atoms with Crippen molar-refractivity contribution >= 4 is 32.7 Å². The molecule has 5 heteroatoms. The van der Waals surface area contributed by atoms with Crippen LogP contribution in [-0.2, 0) is 13.0 Å². The third-order valence-electron chi connectivity index (χ3n) is 4.65. The van der Waals surface area contributed by atoms with Gasteiger partial charge in [-0.15, -0.1) is 0 Å². The van der Waals surface area contributed by atoms with Crippen molar-refractivity contribution in [2.45, 2.75) is 6.55 Å². The maximum Gasteiger partial charge on any atom is 0.526 e.